The van der Waals surface area contributed by atoms with Gasteiger partial charge in [0.05, 0.1) is 0 Å². The van der Waals surface area contributed by atoms with Crippen molar-refractivity contribution in [1.82, 2.24) is 0 Å². The molecule has 1 atom stereocenters. The van der Waals surface area contributed by atoms with Gasteiger partial charge in [-0.3, -0.25) is 0 Å². The molecule has 0 amide bonds. The van der Waals surface area contributed by atoms with Crippen molar-refractivity contribution in [2.75, 3.05) is 46.2 Å². The SMILES string of the molecule is OCCC1CCCCCCCCCCCCCCCCCCCCCCCC(CCO)(CCO)C(CCO)(CCO)C1(CCO)CCO. The van der Waals surface area contributed by atoms with Crippen molar-refractivity contribution in [3.8, 4) is 0 Å². The van der Waals surface area contributed by atoms with Gasteiger partial charge in [0.25, 0.3) is 0 Å². The Balaban J connectivity index is 3.50. The summed E-state index contributed by atoms with van der Waals surface area (Å²) in [5.41, 5.74) is -2.06. The molecule has 0 spiro atoms. The Morgan fingerprint density at radius 3 is 0.958 bits per heavy atom. The van der Waals surface area contributed by atoms with Crippen molar-refractivity contribution in [2.24, 2.45) is 22.2 Å². The van der Waals surface area contributed by atoms with Gasteiger partial charge in [0, 0.05) is 46.2 Å². The van der Waals surface area contributed by atoms with Crippen molar-refractivity contribution in [2.45, 2.75) is 193 Å². The molecule has 7 N–H and O–H groups in total. The van der Waals surface area contributed by atoms with Crippen LogP contribution in [0.25, 0.3) is 0 Å². The molecule has 0 bridgehead atoms. The minimum atomic E-state index is -0.760. The molecule has 7 nitrogen and oxygen atoms in total. The Kier molecular flexibility index (Phi) is 27.9. The van der Waals surface area contributed by atoms with Gasteiger partial charge in [0.1, 0.15) is 0 Å². The van der Waals surface area contributed by atoms with Gasteiger partial charge in [0.2, 0.25) is 0 Å². The molecule has 0 saturated heterocycles. The van der Waals surface area contributed by atoms with Gasteiger partial charge in [-0.2, -0.15) is 0 Å². The number of hydrogen-bond donors (Lipinski definition) is 7. The van der Waals surface area contributed by atoms with E-state index in [-0.39, 0.29) is 52.2 Å². The second-order valence-electron chi connectivity index (χ2n) is 15.5. The molecule has 48 heavy (non-hydrogen) atoms. The maximum Gasteiger partial charge on any atom is 0.0436 e. The van der Waals surface area contributed by atoms with Crippen LogP contribution in [0, 0.1) is 22.2 Å². The van der Waals surface area contributed by atoms with Gasteiger partial charge < -0.3 is 35.7 Å². The predicted octanol–water partition coefficient (Wildman–Crippen LogP) is 8.22. The van der Waals surface area contributed by atoms with E-state index in [4.69, 9.17) is 0 Å². The van der Waals surface area contributed by atoms with E-state index in [0.29, 0.717) is 44.9 Å². The van der Waals surface area contributed by atoms with Crippen molar-refractivity contribution in [3.05, 3.63) is 0 Å². The van der Waals surface area contributed by atoms with Crippen molar-refractivity contribution in [1.29, 1.82) is 0 Å². The monoisotopic (exact) mass is 687 g/mol. The average molecular weight is 687 g/mol. The Bertz CT molecular complexity index is 684. The molecule has 0 radical (unpaired) electrons. The maximum atomic E-state index is 10.8. The van der Waals surface area contributed by atoms with Crippen LogP contribution in [-0.2, 0) is 0 Å². The van der Waals surface area contributed by atoms with Gasteiger partial charge in [-0.1, -0.05) is 135 Å². The van der Waals surface area contributed by atoms with Crippen LogP contribution in [0.1, 0.15) is 193 Å². The lowest BCUT2D eigenvalue weighted by molar-refractivity contribution is -0.183. The summed E-state index contributed by atoms with van der Waals surface area (Å²) in [6.45, 7) is -0.602. The van der Waals surface area contributed by atoms with E-state index >= 15 is 0 Å². The first-order valence-electron chi connectivity index (χ1n) is 20.8. The van der Waals surface area contributed by atoms with Crippen molar-refractivity contribution < 1.29 is 35.7 Å². The van der Waals surface area contributed by atoms with Crippen LogP contribution in [0.5, 0.6) is 0 Å². The van der Waals surface area contributed by atoms with Gasteiger partial charge >= 0.3 is 0 Å². The van der Waals surface area contributed by atoms with Crippen LogP contribution >= 0.6 is 0 Å². The molecule has 1 unspecified atom stereocenters. The summed E-state index contributed by atoms with van der Waals surface area (Å²) < 4.78 is 0. The van der Waals surface area contributed by atoms with Crippen molar-refractivity contribution in [3.63, 3.8) is 0 Å². The standard InChI is InChI=1S/C41H82O7/c42-31-23-38-22-20-18-16-14-12-10-8-6-4-2-1-3-5-7-9-11-13-15-17-19-21-24-39(25-32-43,26-33-44)41(29-36-47,30-37-48)40(38,27-34-45)28-35-46/h38,42-48H,1-37H2. The first kappa shape index (κ1) is 45.7. The zero-order chi connectivity index (χ0) is 35.2. The van der Waals surface area contributed by atoms with Crippen LogP contribution in [0.2, 0.25) is 0 Å². The van der Waals surface area contributed by atoms with E-state index < -0.39 is 16.2 Å². The third-order valence-corrected chi connectivity index (χ3v) is 12.8. The first-order chi connectivity index (χ1) is 23.5. The highest BCUT2D eigenvalue weighted by molar-refractivity contribution is 5.10. The Hall–Kier alpha value is -0.280. The van der Waals surface area contributed by atoms with E-state index in [0.717, 1.165) is 44.9 Å². The normalized spacial score (nSPS) is 23.7. The Morgan fingerprint density at radius 2 is 0.646 bits per heavy atom. The second-order valence-corrected chi connectivity index (χ2v) is 15.5. The highest BCUT2D eigenvalue weighted by Crippen LogP contribution is 2.67. The van der Waals surface area contributed by atoms with E-state index in [1.54, 1.807) is 0 Å². The van der Waals surface area contributed by atoms with Gasteiger partial charge in [0.15, 0.2) is 0 Å². The van der Waals surface area contributed by atoms with Crippen LogP contribution in [0.4, 0.5) is 0 Å². The minimum Gasteiger partial charge on any atom is -0.396 e. The van der Waals surface area contributed by atoms with Crippen molar-refractivity contribution >= 4 is 0 Å². The topological polar surface area (TPSA) is 142 Å². The summed E-state index contributed by atoms with van der Waals surface area (Å²) in [5.74, 6) is -0.0423. The number of aliphatic hydroxyl groups is 7. The molecule has 1 fully saturated rings. The predicted molar refractivity (Wildman–Crippen MR) is 199 cm³/mol. The van der Waals surface area contributed by atoms with Gasteiger partial charge in [-0.25, -0.2) is 0 Å². The molecule has 1 aliphatic carbocycles. The summed E-state index contributed by atoms with van der Waals surface area (Å²) in [5, 5.41) is 74.6. The molecule has 1 rings (SSSR count). The summed E-state index contributed by atoms with van der Waals surface area (Å²) in [6.07, 6.45) is 30.7. The number of aliphatic hydroxyl groups excluding tert-OH is 7. The van der Waals surface area contributed by atoms with Crippen LogP contribution in [0.3, 0.4) is 0 Å². The highest BCUT2D eigenvalue weighted by Gasteiger charge is 2.62. The number of hydrogen-bond acceptors (Lipinski definition) is 7. The minimum absolute atomic E-state index is 0.00932. The fourth-order valence-electron chi connectivity index (χ4n) is 10.5. The van der Waals surface area contributed by atoms with Crippen LogP contribution in [-0.4, -0.2) is 82.0 Å². The lowest BCUT2D eigenvalue weighted by Gasteiger charge is -2.64. The molecule has 0 heterocycles. The summed E-state index contributed by atoms with van der Waals surface area (Å²) in [6, 6.07) is 0. The van der Waals surface area contributed by atoms with Gasteiger partial charge in [-0.15, -0.1) is 0 Å². The molecule has 1 aliphatic rings. The molecule has 0 aliphatic heterocycles. The first-order valence-corrected chi connectivity index (χ1v) is 20.8. The molecule has 7 heteroatoms. The summed E-state index contributed by atoms with van der Waals surface area (Å²) in [7, 11) is 0. The highest BCUT2D eigenvalue weighted by atomic mass is 16.3. The zero-order valence-electron chi connectivity index (χ0n) is 31.4. The lowest BCUT2D eigenvalue weighted by atomic mass is 9.40. The molecular weight excluding hydrogens is 604 g/mol. The fourth-order valence-corrected chi connectivity index (χ4v) is 10.5. The summed E-state index contributed by atoms with van der Waals surface area (Å²) >= 11 is 0. The average Bonchev–Trinajstić information content (AvgIpc) is 3.07. The van der Waals surface area contributed by atoms with E-state index in [1.807, 2.05) is 0 Å². The Labute approximate surface area is 296 Å². The van der Waals surface area contributed by atoms with Crippen LogP contribution in [0.15, 0.2) is 0 Å². The molecule has 0 aromatic carbocycles. The largest absolute Gasteiger partial charge is 0.396 e. The number of rotatable bonds is 14. The Morgan fingerprint density at radius 1 is 0.333 bits per heavy atom. The molecule has 0 aromatic heterocycles. The smallest absolute Gasteiger partial charge is 0.0436 e. The van der Waals surface area contributed by atoms with E-state index in [2.05, 4.69) is 0 Å². The molecule has 0 aromatic rings. The molecule has 1 saturated carbocycles. The van der Waals surface area contributed by atoms with Gasteiger partial charge in [-0.05, 0) is 80.0 Å². The maximum absolute atomic E-state index is 10.8. The van der Waals surface area contributed by atoms with E-state index in [1.165, 1.54) is 103 Å². The molecular formula is C41H82O7. The third kappa shape index (κ3) is 15.1. The fraction of sp³-hybridized carbons (Fsp3) is 1.00. The van der Waals surface area contributed by atoms with Crippen LogP contribution < -0.4 is 0 Å². The quantitative estimate of drug-likeness (QED) is 0.0976. The second kappa shape index (κ2) is 29.3. The van der Waals surface area contributed by atoms with E-state index in [9.17, 15) is 35.7 Å². The zero-order valence-corrected chi connectivity index (χ0v) is 31.4. The third-order valence-electron chi connectivity index (χ3n) is 12.8. The summed E-state index contributed by atoms with van der Waals surface area (Å²) in [4.78, 5) is 0. The lowest BCUT2D eigenvalue weighted by Crippen LogP contribution is -2.59. The molecule has 288 valence electrons.